The second kappa shape index (κ2) is 10.2. The molecule has 0 bridgehead atoms. The summed E-state index contributed by atoms with van der Waals surface area (Å²) in [6, 6.07) is 7.00. The Morgan fingerprint density at radius 3 is 2.65 bits per heavy atom. The molecule has 0 saturated carbocycles. The summed E-state index contributed by atoms with van der Waals surface area (Å²) in [7, 11) is 0. The van der Waals surface area contributed by atoms with Crippen molar-refractivity contribution in [2.45, 2.75) is 19.4 Å². The SMILES string of the molecule is CC1CCNCC1NC(=O)CSCC(=O)c1ccc(Cl)cc1.Cl. The molecular formula is C16H22Cl2N2O2S. The van der Waals surface area contributed by atoms with Crippen LogP contribution in [0.15, 0.2) is 24.3 Å². The van der Waals surface area contributed by atoms with Gasteiger partial charge in [-0.3, -0.25) is 9.59 Å². The monoisotopic (exact) mass is 376 g/mol. The molecule has 1 heterocycles. The molecule has 1 saturated heterocycles. The summed E-state index contributed by atoms with van der Waals surface area (Å²) in [4.78, 5) is 23.9. The minimum Gasteiger partial charge on any atom is -0.351 e. The van der Waals surface area contributed by atoms with E-state index < -0.39 is 0 Å². The fourth-order valence-electron chi connectivity index (χ4n) is 2.39. The van der Waals surface area contributed by atoms with Crippen LogP contribution in [0.5, 0.6) is 0 Å². The summed E-state index contributed by atoms with van der Waals surface area (Å²) in [5, 5.41) is 6.93. The Bertz CT molecular complexity index is 525. The molecule has 0 spiro atoms. The highest BCUT2D eigenvalue weighted by atomic mass is 35.5. The fourth-order valence-corrected chi connectivity index (χ4v) is 3.24. The maximum atomic E-state index is 12.0. The predicted octanol–water partition coefficient (Wildman–Crippen LogP) is 2.79. The van der Waals surface area contributed by atoms with Crippen LogP contribution in [0.4, 0.5) is 0 Å². The molecule has 0 aliphatic carbocycles. The third-order valence-corrected chi connectivity index (χ3v) is 4.99. The van der Waals surface area contributed by atoms with Gasteiger partial charge >= 0.3 is 0 Å². The van der Waals surface area contributed by atoms with E-state index >= 15 is 0 Å². The molecule has 1 fully saturated rings. The van der Waals surface area contributed by atoms with Crippen LogP contribution in [0.2, 0.25) is 5.02 Å². The van der Waals surface area contributed by atoms with E-state index in [1.165, 1.54) is 11.8 Å². The van der Waals surface area contributed by atoms with Crippen molar-refractivity contribution in [2.75, 3.05) is 24.6 Å². The van der Waals surface area contributed by atoms with E-state index in [2.05, 4.69) is 17.6 Å². The molecule has 1 amide bonds. The summed E-state index contributed by atoms with van der Waals surface area (Å²) in [6.45, 7) is 3.99. The lowest BCUT2D eigenvalue weighted by atomic mass is 9.95. The van der Waals surface area contributed by atoms with Crippen molar-refractivity contribution in [1.82, 2.24) is 10.6 Å². The van der Waals surface area contributed by atoms with Gasteiger partial charge in [0, 0.05) is 23.2 Å². The number of hydrogen-bond acceptors (Lipinski definition) is 4. The van der Waals surface area contributed by atoms with Crippen LogP contribution in [0.3, 0.4) is 0 Å². The Labute approximate surface area is 152 Å². The molecule has 1 aromatic rings. The Morgan fingerprint density at radius 1 is 1.30 bits per heavy atom. The van der Waals surface area contributed by atoms with E-state index in [1.54, 1.807) is 24.3 Å². The first kappa shape index (κ1) is 20.3. The van der Waals surface area contributed by atoms with E-state index in [-0.39, 0.29) is 30.1 Å². The number of carbonyl (C=O) groups is 2. The number of amides is 1. The summed E-state index contributed by atoms with van der Waals surface area (Å²) < 4.78 is 0. The summed E-state index contributed by atoms with van der Waals surface area (Å²) in [6.07, 6.45) is 1.08. The molecule has 23 heavy (non-hydrogen) atoms. The van der Waals surface area contributed by atoms with Gasteiger partial charge in [0.25, 0.3) is 0 Å². The third kappa shape index (κ3) is 6.71. The Hall–Kier alpha value is -0.750. The number of halogens is 2. The number of ketones is 1. The predicted molar refractivity (Wildman–Crippen MR) is 98.9 cm³/mol. The summed E-state index contributed by atoms with van der Waals surface area (Å²) in [5.41, 5.74) is 0.627. The van der Waals surface area contributed by atoms with Crippen LogP contribution >= 0.6 is 35.8 Å². The topological polar surface area (TPSA) is 58.2 Å². The van der Waals surface area contributed by atoms with Crippen LogP contribution in [0.25, 0.3) is 0 Å². The standard InChI is InChI=1S/C16H21ClN2O2S.ClH/c1-11-6-7-18-8-14(11)19-16(21)10-22-9-15(20)12-2-4-13(17)5-3-12;/h2-5,11,14,18H,6-10H2,1H3,(H,19,21);1H. The largest absolute Gasteiger partial charge is 0.351 e. The maximum Gasteiger partial charge on any atom is 0.230 e. The number of nitrogens with one attached hydrogen (secondary N) is 2. The molecule has 1 aliphatic rings. The van der Waals surface area contributed by atoms with Crippen molar-refractivity contribution >= 4 is 47.5 Å². The molecule has 4 nitrogen and oxygen atoms in total. The first-order valence-electron chi connectivity index (χ1n) is 7.43. The van der Waals surface area contributed by atoms with Crippen molar-refractivity contribution in [3.05, 3.63) is 34.9 Å². The van der Waals surface area contributed by atoms with Crippen LogP contribution in [0, 0.1) is 5.92 Å². The number of piperidine rings is 1. The number of carbonyl (C=O) groups excluding carboxylic acids is 2. The van der Waals surface area contributed by atoms with Crippen LogP contribution in [-0.4, -0.2) is 42.3 Å². The Morgan fingerprint density at radius 2 is 2.00 bits per heavy atom. The highest BCUT2D eigenvalue weighted by Gasteiger charge is 2.22. The zero-order chi connectivity index (χ0) is 15.9. The molecule has 1 aliphatic heterocycles. The van der Waals surface area contributed by atoms with Crippen molar-refractivity contribution in [1.29, 1.82) is 0 Å². The molecule has 7 heteroatoms. The van der Waals surface area contributed by atoms with Crippen LogP contribution in [-0.2, 0) is 4.79 Å². The third-order valence-electron chi connectivity index (χ3n) is 3.81. The first-order chi connectivity index (χ1) is 10.6. The number of thioether (sulfide) groups is 1. The van der Waals surface area contributed by atoms with Gasteiger partial charge in [0.2, 0.25) is 5.91 Å². The fraction of sp³-hybridized carbons (Fsp3) is 0.500. The lowest BCUT2D eigenvalue weighted by Gasteiger charge is -2.30. The average molecular weight is 377 g/mol. The van der Waals surface area contributed by atoms with Gasteiger partial charge in [0.1, 0.15) is 0 Å². The van der Waals surface area contributed by atoms with Gasteiger partial charge in [-0.05, 0) is 43.1 Å². The van der Waals surface area contributed by atoms with Gasteiger partial charge in [-0.15, -0.1) is 24.2 Å². The van der Waals surface area contributed by atoms with Gasteiger partial charge in [-0.1, -0.05) is 18.5 Å². The van der Waals surface area contributed by atoms with Gasteiger partial charge in [0.05, 0.1) is 11.5 Å². The zero-order valence-electron chi connectivity index (χ0n) is 13.0. The number of hydrogen-bond donors (Lipinski definition) is 2. The van der Waals surface area contributed by atoms with Crippen molar-refractivity contribution < 1.29 is 9.59 Å². The van der Waals surface area contributed by atoms with Gasteiger partial charge in [-0.25, -0.2) is 0 Å². The molecular weight excluding hydrogens is 355 g/mol. The molecule has 2 N–H and O–H groups in total. The highest BCUT2D eigenvalue weighted by molar-refractivity contribution is 8.00. The lowest BCUT2D eigenvalue weighted by molar-refractivity contribution is -0.119. The summed E-state index contributed by atoms with van der Waals surface area (Å²) >= 11 is 7.14. The van der Waals surface area contributed by atoms with Crippen molar-refractivity contribution in [3.8, 4) is 0 Å². The Kier molecular flexibility index (Phi) is 8.99. The second-order valence-electron chi connectivity index (χ2n) is 5.57. The molecule has 2 rings (SSSR count). The summed E-state index contributed by atoms with van der Waals surface area (Å²) in [5.74, 6) is 1.11. The molecule has 0 aromatic heterocycles. The first-order valence-corrected chi connectivity index (χ1v) is 8.96. The molecule has 0 radical (unpaired) electrons. The van der Waals surface area contributed by atoms with Gasteiger partial charge in [0.15, 0.2) is 5.78 Å². The minimum absolute atomic E-state index is 0. The maximum absolute atomic E-state index is 12.0. The smallest absolute Gasteiger partial charge is 0.230 e. The van der Waals surface area contributed by atoms with Crippen molar-refractivity contribution in [3.63, 3.8) is 0 Å². The molecule has 128 valence electrons. The lowest BCUT2D eigenvalue weighted by Crippen LogP contribution is -2.50. The van der Waals surface area contributed by atoms with E-state index in [0.29, 0.717) is 28.0 Å². The molecule has 1 aromatic carbocycles. The van der Waals surface area contributed by atoms with Crippen LogP contribution in [0.1, 0.15) is 23.7 Å². The highest BCUT2D eigenvalue weighted by Crippen LogP contribution is 2.13. The molecule has 2 unspecified atom stereocenters. The minimum atomic E-state index is -0.00513. The molecule has 2 atom stereocenters. The van der Waals surface area contributed by atoms with Crippen molar-refractivity contribution in [2.24, 2.45) is 5.92 Å². The number of Topliss-reactive ketones (excluding diaryl/α,β-unsaturated/α-hetero) is 1. The van der Waals surface area contributed by atoms with Crippen LogP contribution < -0.4 is 10.6 Å². The Balaban J connectivity index is 0.00000264. The quantitative estimate of drug-likeness (QED) is 0.749. The zero-order valence-corrected chi connectivity index (χ0v) is 15.4. The number of rotatable bonds is 6. The van der Waals surface area contributed by atoms with Gasteiger partial charge < -0.3 is 10.6 Å². The average Bonchev–Trinajstić information content (AvgIpc) is 2.50. The van der Waals surface area contributed by atoms with Gasteiger partial charge in [-0.2, -0.15) is 0 Å². The second-order valence-corrected chi connectivity index (χ2v) is 6.99. The number of benzene rings is 1. The van der Waals surface area contributed by atoms with E-state index in [1.807, 2.05) is 0 Å². The van der Waals surface area contributed by atoms with E-state index in [4.69, 9.17) is 11.6 Å². The normalized spacial score (nSPS) is 20.4. The van der Waals surface area contributed by atoms with E-state index in [0.717, 1.165) is 19.5 Å². The van der Waals surface area contributed by atoms with E-state index in [9.17, 15) is 9.59 Å².